The lowest BCUT2D eigenvalue weighted by Crippen LogP contribution is -2.16. The Morgan fingerprint density at radius 1 is 1.50 bits per heavy atom. The Morgan fingerprint density at radius 2 is 2.31 bits per heavy atom. The fourth-order valence-electron chi connectivity index (χ4n) is 1.29. The third kappa shape index (κ3) is 2.20. The molecule has 0 fully saturated rings. The molecule has 2 aromatic rings. The van der Waals surface area contributed by atoms with Crippen molar-refractivity contribution in [2.45, 2.75) is 13.0 Å². The molecule has 0 aromatic carbocycles. The second-order valence-electron chi connectivity index (χ2n) is 3.06. The SMILES string of the molecule is O=C(O)CCn1c(-c2cscn2)csc1=O. The smallest absolute Gasteiger partial charge is 0.307 e. The van der Waals surface area contributed by atoms with Gasteiger partial charge in [-0.05, 0) is 0 Å². The third-order valence-corrected chi connectivity index (χ3v) is 3.38. The monoisotopic (exact) mass is 256 g/mol. The maximum Gasteiger partial charge on any atom is 0.307 e. The zero-order valence-corrected chi connectivity index (χ0v) is 9.75. The van der Waals surface area contributed by atoms with E-state index in [1.807, 2.05) is 5.38 Å². The Bertz CT molecular complexity index is 541. The highest BCUT2D eigenvalue weighted by Gasteiger charge is 2.11. The molecule has 7 heteroatoms. The zero-order chi connectivity index (χ0) is 11.5. The molecule has 0 unspecified atom stereocenters. The summed E-state index contributed by atoms with van der Waals surface area (Å²) in [6, 6.07) is 0. The highest BCUT2D eigenvalue weighted by molar-refractivity contribution is 7.08. The zero-order valence-electron chi connectivity index (χ0n) is 8.12. The number of rotatable bonds is 4. The fraction of sp³-hybridized carbons (Fsp3) is 0.222. The molecule has 0 aliphatic carbocycles. The Hall–Kier alpha value is -1.47. The van der Waals surface area contributed by atoms with E-state index in [9.17, 15) is 9.59 Å². The van der Waals surface area contributed by atoms with Crippen LogP contribution in [0.2, 0.25) is 0 Å². The van der Waals surface area contributed by atoms with Gasteiger partial charge in [-0.2, -0.15) is 0 Å². The summed E-state index contributed by atoms with van der Waals surface area (Å²) in [6.07, 6.45) is -0.0617. The topological polar surface area (TPSA) is 72.2 Å². The molecule has 5 nitrogen and oxygen atoms in total. The summed E-state index contributed by atoms with van der Waals surface area (Å²) in [5, 5.41) is 12.1. The van der Waals surface area contributed by atoms with E-state index in [-0.39, 0.29) is 17.8 Å². The van der Waals surface area contributed by atoms with Crippen LogP contribution in [0.15, 0.2) is 21.1 Å². The number of carboxylic acids is 1. The van der Waals surface area contributed by atoms with E-state index >= 15 is 0 Å². The van der Waals surface area contributed by atoms with Gasteiger partial charge in [-0.25, -0.2) is 4.98 Å². The molecule has 2 rings (SSSR count). The second kappa shape index (κ2) is 4.58. The van der Waals surface area contributed by atoms with Crippen molar-refractivity contribution in [3.05, 3.63) is 25.9 Å². The summed E-state index contributed by atoms with van der Waals surface area (Å²) in [7, 11) is 0. The van der Waals surface area contributed by atoms with E-state index in [1.54, 1.807) is 10.9 Å². The van der Waals surface area contributed by atoms with Gasteiger partial charge in [-0.15, -0.1) is 11.3 Å². The van der Waals surface area contributed by atoms with Crippen molar-refractivity contribution in [2.24, 2.45) is 0 Å². The molecular formula is C9H8N2O3S2. The van der Waals surface area contributed by atoms with E-state index in [0.717, 1.165) is 11.3 Å². The number of carbonyl (C=O) groups is 1. The van der Waals surface area contributed by atoms with Crippen molar-refractivity contribution in [1.29, 1.82) is 0 Å². The molecule has 0 radical (unpaired) electrons. The number of nitrogens with zero attached hydrogens (tertiary/aromatic N) is 2. The summed E-state index contributed by atoms with van der Waals surface area (Å²) in [5.41, 5.74) is 3.09. The lowest BCUT2D eigenvalue weighted by molar-refractivity contribution is -0.137. The van der Waals surface area contributed by atoms with Gasteiger partial charge < -0.3 is 5.11 Å². The third-order valence-electron chi connectivity index (χ3n) is 2.03. The van der Waals surface area contributed by atoms with Crippen molar-refractivity contribution in [1.82, 2.24) is 9.55 Å². The number of aromatic nitrogens is 2. The highest BCUT2D eigenvalue weighted by Crippen LogP contribution is 2.19. The fourth-order valence-corrected chi connectivity index (χ4v) is 2.61. The summed E-state index contributed by atoms with van der Waals surface area (Å²) in [6.45, 7) is 0.185. The van der Waals surface area contributed by atoms with Gasteiger partial charge in [0.05, 0.1) is 23.3 Å². The first-order valence-corrected chi connectivity index (χ1v) is 6.29. The predicted octanol–water partition coefficient (Wildman–Crippen LogP) is 1.51. The molecule has 0 bridgehead atoms. The minimum absolute atomic E-state index is 0.0617. The molecule has 0 saturated carbocycles. The van der Waals surface area contributed by atoms with Crippen LogP contribution in [0, 0.1) is 0 Å². The van der Waals surface area contributed by atoms with Gasteiger partial charge in [-0.1, -0.05) is 11.3 Å². The van der Waals surface area contributed by atoms with Crippen molar-refractivity contribution in [2.75, 3.05) is 0 Å². The van der Waals surface area contributed by atoms with Crippen LogP contribution in [0.3, 0.4) is 0 Å². The minimum Gasteiger partial charge on any atom is -0.481 e. The van der Waals surface area contributed by atoms with Crippen LogP contribution < -0.4 is 4.87 Å². The van der Waals surface area contributed by atoms with Crippen molar-refractivity contribution in [3.8, 4) is 11.4 Å². The molecule has 1 N–H and O–H groups in total. The number of hydrogen-bond acceptors (Lipinski definition) is 5. The Balaban J connectivity index is 2.33. The molecule has 0 aliphatic rings. The molecule has 2 heterocycles. The first-order valence-electron chi connectivity index (χ1n) is 4.47. The summed E-state index contributed by atoms with van der Waals surface area (Å²) >= 11 is 2.50. The standard InChI is InChI=1S/C9H8N2O3S2/c12-8(13)1-2-11-7(4-16-9(11)14)6-3-15-5-10-6/h3-5H,1-2H2,(H,12,13). The van der Waals surface area contributed by atoms with Crippen LogP contribution in [0.5, 0.6) is 0 Å². The predicted molar refractivity (Wildman–Crippen MR) is 61.9 cm³/mol. The van der Waals surface area contributed by atoms with E-state index < -0.39 is 5.97 Å². The molecule has 84 valence electrons. The first-order chi connectivity index (χ1) is 7.68. The van der Waals surface area contributed by atoms with E-state index in [2.05, 4.69) is 4.98 Å². The van der Waals surface area contributed by atoms with Crippen molar-refractivity contribution >= 4 is 28.6 Å². The lowest BCUT2D eigenvalue weighted by atomic mass is 10.3. The highest BCUT2D eigenvalue weighted by atomic mass is 32.1. The van der Waals surface area contributed by atoms with E-state index in [1.165, 1.54) is 15.9 Å². The average Bonchev–Trinajstić information content (AvgIpc) is 2.83. The van der Waals surface area contributed by atoms with Crippen LogP contribution in [-0.2, 0) is 11.3 Å². The van der Waals surface area contributed by atoms with Gasteiger partial charge in [0.25, 0.3) is 0 Å². The lowest BCUT2D eigenvalue weighted by Gasteiger charge is -2.02. The summed E-state index contributed by atoms with van der Waals surface area (Å²) in [4.78, 5) is 25.9. The number of carboxylic acid groups (broad SMARTS) is 1. The molecule has 0 amide bonds. The van der Waals surface area contributed by atoms with Crippen LogP contribution >= 0.6 is 22.7 Å². The van der Waals surface area contributed by atoms with Crippen molar-refractivity contribution in [3.63, 3.8) is 0 Å². The van der Waals surface area contributed by atoms with Gasteiger partial charge in [-0.3, -0.25) is 14.2 Å². The molecule has 0 saturated heterocycles. The molecular weight excluding hydrogens is 248 g/mol. The Morgan fingerprint density at radius 3 is 2.94 bits per heavy atom. The van der Waals surface area contributed by atoms with Gasteiger partial charge >= 0.3 is 10.8 Å². The first kappa shape index (κ1) is 11.0. The molecule has 0 atom stereocenters. The van der Waals surface area contributed by atoms with Gasteiger partial charge in [0, 0.05) is 17.3 Å². The van der Waals surface area contributed by atoms with Crippen LogP contribution in [-0.4, -0.2) is 20.6 Å². The molecule has 0 aliphatic heterocycles. The average molecular weight is 256 g/mol. The van der Waals surface area contributed by atoms with E-state index in [0.29, 0.717) is 11.4 Å². The minimum atomic E-state index is -0.915. The largest absolute Gasteiger partial charge is 0.481 e. The van der Waals surface area contributed by atoms with Gasteiger partial charge in [0.2, 0.25) is 0 Å². The summed E-state index contributed by atoms with van der Waals surface area (Å²) < 4.78 is 1.45. The van der Waals surface area contributed by atoms with Crippen LogP contribution in [0.25, 0.3) is 11.4 Å². The quantitative estimate of drug-likeness (QED) is 0.900. The summed E-state index contributed by atoms with van der Waals surface area (Å²) in [5.74, 6) is -0.915. The maximum atomic E-state index is 11.5. The Labute approximate surface area is 98.6 Å². The van der Waals surface area contributed by atoms with Gasteiger partial charge in [0.1, 0.15) is 0 Å². The number of aliphatic carboxylic acids is 1. The van der Waals surface area contributed by atoms with Crippen LogP contribution in [0.4, 0.5) is 0 Å². The van der Waals surface area contributed by atoms with Crippen molar-refractivity contribution < 1.29 is 9.90 Å². The molecule has 2 aromatic heterocycles. The van der Waals surface area contributed by atoms with E-state index in [4.69, 9.17) is 5.11 Å². The molecule has 0 spiro atoms. The second-order valence-corrected chi connectivity index (χ2v) is 4.60. The number of hydrogen-bond donors (Lipinski definition) is 1. The Kier molecular flexibility index (Phi) is 3.16. The number of thiazole rings is 2. The molecule has 16 heavy (non-hydrogen) atoms. The normalized spacial score (nSPS) is 10.5. The van der Waals surface area contributed by atoms with Gasteiger partial charge in [0.15, 0.2) is 0 Å². The van der Waals surface area contributed by atoms with Crippen LogP contribution in [0.1, 0.15) is 6.42 Å². The maximum absolute atomic E-state index is 11.5.